The second-order valence-corrected chi connectivity index (χ2v) is 4.98. The van der Waals surface area contributed by atoms with Crippen LogP contribution >= 0.6 is 0 Å². The van der Waals surface area contributed by atoms with Gasteiger partial charge in [0.25, 0.3) is 0 Å². The van der Waals surface area contributed by atoms with Crippen LogP contribution in [0.4, 0.5) is 4.79 Å². The van der Waals surface area contributed by atoms with Gasteiger partial charge in [-0.25, -0.2) is 4.79 Å². The van der Waals surface area contributed by atoms with Crippen molar-refractivity contribution in [2.75, 3.05) is 13.2 Å². The number of ether oxygens (including phenoxy) is 2. The third kappa shape index (κ3) is 2.28. The van der Waals surface area contributed by atoms with Crippen LogP contribution in [-0.2, 0) is 9.47 Å². The molecule has 0 spiro atoms. The molecule has 0 aromatic heterocycles. The van der Waals surface area contributed by atoms with Crippen LogP contribution in [0.2, 0.25) is 0 Å². The fourth-order valence-corrected chi connectivity index (χ4v) is 2.52. The van der Waals surface area contributed by atoms with Crippen molar-refractivity contribution in [2.45, 2.75) is 30.8 Å². The first-order valence-electron chi connectivity index (χ1n) is 6.46. The lowest BCUT2D eigenvalue weighted by molar-refractivity contribution is -0.0683. The first kappa shape index (κ1) is 14.3. The Labute approximate surface area is 119 Å². The smallest absolute Gasteiger partial charge is 0.326 e. The molecule has 3 aliphatic rings. The molecule has 0 saturated carbocycles. The Morgan fingerprint density at radius 3 is 2.67 bits per heavy atom. The van der Waals surface area contributed by atoms with Crippen molar-refractivity contribution < 1.29 is 34.7 Å². The van der Waals surface area contributed by atoms with Crippen LogP contribution in [-0.4, -0.2) is 75.3 Å². The molecule has 2 unspecified atom stereocenters. The molecule has 5 atom stereocenters. The predicted octanol–water partition coefficient (Wildman–Crippen LogP) is -2.43. The molecule has 3 aliphatic heterocycles. The van der Waals surface area contributed by atoms with E-state index in [0.717, 1.165) is 4.90 Å². The highest BCUT2D eigenvalue weighted by atomic mass is 16.6. The van der Waals surface area contributed by atoms with Gasteiger partial charge < -0.3 is 29.9 Å². The molecule has 9 nitrogen and oxygen atoms in total. The van der Waals surface area contributed by atoms with Crippen LogP contribution in [0.25, 0.3) is 0 Å². The standard InChI is InChI=1S/C12H16N2O7/c15-3-6-1-5-2-14(12(19)13-10(5)20-6)11-9(18)8(17)7(4-16)21-11/h1-2,7-11,15-18H,3-4H2,(H,13,19)/t7-,8?,9+,10?,11-/m1/s1. The van der Waals surface area contributed by atoms with Gasteiger partial charge in [0, 0.05) is 11.8 Å². The maximum Gasteiger partial charge on any atom is 0.326 e. The fourth-order valence-electron chi connectivity index (χ4n) is 2.52. The highest BCUT2D eigenvalue weighted by Gasteiger charge is 2.48. The summed E-state index contributed by atoms with van der Waals surface area (Å²) in [5, 5.41) is 40.3. The fraction of sp³-hybridized carbons (Fsp3) is 0.583. The number of amides is 2. The molecule has 0 aliphatic carbocycles. The zero-order valence-electron chi connectivity index (χ0n) is 10.9. The van der Waals surface area contributed by atoms with Gasteiger partial charge in [-0.1, -0.05) is 0 Å². The van der Waals surface area contributed by atoms with E-state index in [1.165, 1.54) is 6.20 Å². The van der Waals surface area contributed by atoms with E-state index < -0.39 is 43.4 Å². The van der Waals surface area contributed by atoms with Crippen LogP contribution in [0, 0.1) is 0 Å². The van der Waals surface area contributed by atoms with Crippen molar-refractivity contribution in [3.05, 3.63) is 23.6 Å². The number of nitrogens with one attached hydrogen (secondary N) is 1. The number of urea groups is 1. The van der Waals surface area contributed by atoms with Gasteiger partial charge in [0.2, 0.25) is 6.23 Å². The maximum atomic E-state index is 12.0. The summed E-state index contributed by atoms with van der Waals surface area (Å²) in [6, 6.07) is -0.578. The Balaban J connectivity index is 1.83. The highest BCUT2D eigenvalue weighted by Crippen LogP contribution is 2.30. The Kier molecular flexibility index (Phi) is 3.59. The third-order valence-corrected chi connectivity index (χ3v) is 3.62. The molecular formula is C12H16N2O7. The third-order valence-electron chi connectivity index (χ3n) is 3.62. The molecule has 0 bridgehead atoms. The van der Waals surface area contributed by atoms with Gasteiger partial charge >= 0.3 is 6.03 Å². The average molecular weight is 300 g/mol. The average Bonchev–Trinajstić information content (AvgIpc) is 3.00. The number of hydrogen-bond acceptors (Lipinski definition) is 7. The molecule has 1 fully saturated rings. The van der Waals surface area contributed by atoms with Crippen molar-refractivity contribution in [1.82, 2.24) is 10.2 Å². The summed E-state index contributed by atoms with van der Waals surface area (Å²) in [5.74, 6) is 0.314. The van der Waals surface area contributed by atoms with E-state index in [0.29, 0.717) is 11.3 Å². The monoisotopic (exact) mass is 300 g/mol. The van der Waals surface area contributed by atoms with Crippen molar-refractivity contribution in [1.29, 1.82) is 0 Å². The van der Waals surface area contributed by atoms with Crippen LogP contribution in [0.3, 0.4) is 0 Å². The zero-order valence-corrected chi connectivity index (χ0v) is 10.9. The largest absolute Gasteiger partial charge is 0.468 e. The predicted molar refractivity (Wildman–Crippen MR) is 66.3 cm³/mol. The minimum atomic E-state index is -1.34. The van der Waals surface area contributed by atoms with Crippen molar-refractivity contribution in [3.63, 3.8) is 0 Å². The molecule has 1 saturated heterocycles. The summed E-state index contributed by atoms with van der Waals surface area (Å²) in [6.45, 7) is -0.765. The molecule has 5 N–H and O–H groups in total. The molecule has 21 heavy (non-hydrogen) atoms. The lowest BCUT2D eigenvalue weighted by Gasteiger charge is -2.33. The van der Waals surface area contributed by atoms with Gasteiger partial charge in [0.05, 0.1) is 6.61 Å². The molecule has 9 heteroatoms. The lowest BCUT2D eigenvalue weighted by Crippen LogP contribution is -2.54. The number of aliphatic hydroxyl groups excluding tert-OH is 4. The van der Waals surface area contributed by atoms with E-state index in [9.17, 15) is 15.0 Å². The first-order valence-corrected chi connectivity index (χ1v) is 6.46. The van der Waals surface area contributed by atoms with E-state index in [-0.39, 0.29) is 6.61 Å². The summed E-state index contributed by atoms with van der Waals surface area (Å²) in [4.78, 5) is 13.1. The second-order valence-electron chi connectivity index (χ2n) is 4.98. The SMILES string of the molecule is O=C1NC2OC(CO)=CC2=CN1[C@@H]1O[C@H](CO)C(O)[C@@H]1O. The van der Waals surface area contributed by atoms with E-state index >= 15 is 0 Å². The van der Waals surface area contributed by atoms with E-state index in [1.807, 2.05) is 0 Å². The van der Waals surface area contributed by atoms with Crippen LogP contribution in [0.5, 0.6) is 0 Å². The Morgan fingerprint density at radius 2 is 2.05 bits per heavy atom. The number of nitrogens with zero attached hydrogens (tertiary/aromatic N) is 1. The molecule has 116 valence electrons. The van der Waals surface area contributed by atoms with Gasteiger partial charge in [0.15, 0.2) is 6.23 Å². The number of fused-ring (bicyclic) bond motifs is 1. The number of hydrogen-bond donors (Lipinski definition) is 5. The minimum Gasteiger partial charge on any atom is -0.468 e. The number of aliphatic hydroxyl groups is 4. The van der Waals surface area contributed by atoms with Gasteiger partial charge in [-0.2, -0.15) is 0 Å². The van der Waals surface area contributed by atoms with Crippen molar-refractivity contribution in [3.8, 4) is 0 Å². The number of carbonyl (C=O) groups is 1. The summed E-state index contributed by atoms with van der Waals surface area (Å²) in [7, 11) is 0. The van der Waals surface area contributed by atoms with E-state index in [2.05, 4.69) is 5.32 Å². The first-order chi connectivity index (χ1) is 10.0. The zero-order chi connectivity index (χ0) is 15.1. The quantitative estimate of drug-likeness (QED) is 0.391. The topological polar surface area (TPSA) is 132 Å². The summed E-state index contributed by atoms with van der Waals surface area (Å²) in [6.07, 6.45) is -2.40. The minimum absolute atomic E-state index is 0.294. The maximum absolute atomic E-state index is 12.0. The number of carbonyl (C=O) groups excluding carboxylic acids is 1. The molecule has 0 aromatic carbocycles. The van der Waals surface area contributed by atoms with Gasteiger partial charge in [-0.3, -0.25) is 10.2 Å². The van der Waals surface area contributed by atoms with Gasteiger partial charge in [0.1, 0.15) is 30.7 Å². The Bertz CT molecular complexity index is 506. The van der Waals surface area contributed by atoms with E-state index in [1.54, 1.807) is 6.08 Å². The molecule has 3 heterocycles. The Morgan fingerprint density at radius 1 is 1.29 bits per heavy atom. The summed E-state index contributed by atoms with van der Waals surface area (Å²) in [5.41, 5.74) is 0.580. The van der Waals surface area contributed by atoms with Crippen molar-refractivity contribution >= 4 is 6.03 Å². The molecule has 3 rings (SSSR count). The lowest BCUT2D eigenvalue weighted by atomic mass is 10.1. The summed E-state index contributed by atoms with van der Waals surface area (Å²) >= 11 is 0. The van der Waals surface area contributed by atoms with Crippen molar-refractivity contribution in [2.24, 2.45) is 0 Å². The van der Waals surface area contributed by atoms with Crippen LogP contribution in [0.1, 0.15) is 0 Å². The molecule has 0 radical (unpaired) electrons. The molecular weight excluding hydrogens is 284 g/mol. The van der Waals surface area contributed by atoms with Crippen LogP contribution < -0.4 is 5.32 Å². The van der Waals surface area contributed by atoms with Gasteiger partial charge in [-0.15, -0.1) is 0 Å². The number of rotatable bonds is 3. The van der Waals surface area contributed by atoms with Gasteiger partial charge in [-0.05, 0) is 6.08 Å². The highest BCUT2D eigenvalue weighted by molar-refractivity contribution is 5.78. The summed E-state index contributed by atoms with van der Waals surface area (Å²) < 4.78 is 10.6. The Hall–Kier alpha value is -1.65. The van der Waals surface area contributed by atoms with Crippen LogP contribution in [0.15, 0.2) is 23.6 Å². The van der Waals surface area contributed by atoms with E-state index in [4.69, 9.17) is 19.7 Å². The molecule has 0 aromatic rings. The molecule has 2 amide bonds. The normalized spacial score (nSPS) is 38.6. The second kappa shape index (κ2) is 5.28.